The molecule has 1 aliphatic rings. The van der Waals surface area contributed by atoms with Crippen molar-refractivity contribution in [3.63, 3.8) is 0 Å². The highest BCUT2D eigenvalue weighted by atomic mass is 32.2. The molecule has 0 aliphatic carbocycles. The van der Waals surface area contributed by atoms with Gasteiger partial charge in [0.1, 0.15) is 0 Å². The zero-order valence-electron chi connectivity index (χ0n) is 15.9. The smallest absolute Gasteiger partial charge is 0.254 e. The second kappa shape index (κ2) is 9.09. The fourth-order valence-electron chi connectivity index (χ4n) is 3.26. The van der Waals surface area contributed by atoms with Crippen molar-refractivity contribution in [2.24, 2.45) is 0 Å². The molecule has 4 nitrogen and oxygen atoms in total. The average molecular weight is 383 g/mol. The first-order valence-corrected chi connectivity index (χ1v) is 10.3. The van der Waals surface area contributed by atoms with Crippen molar-refractivity contribution in [3.05, 3.63) is 65.7 Å². The van der Waals surface area contributed by atoms with Gasteiger partial charge in [0.2, 0.25) is 0 Å². The van der Waals surface area contributed by atoms with E-state index in [4.69, 9.17) is 0 Å². The Hall–Kier alpha value is -2.27. The van der Waals surface area contributed by atoms with Crippen LogP contribution in [0.5, 0.6) is 0 Å². The predicted octanol–water partition coefficient (Wildman–Crippen LogP) is 4.22. The van der Waals surface area contributed by atoms with E-state index in [9.17, 15) is 9.59 Å². The zero-order chi connectivity index (χ0) is 19.2. The summed E-state index contributed by atoms with van der Waals surface area (Å²) >= 11 is 1.72. The van der Waals surface area contributed by atoms with Gasteiger partial charge in [0.05, 0.1) is 5.56 Å². The molecule has 142 valence electrons. The number of piperidine rings is 1. The Morgan fingerprint density at radius 2 is 1.63 bits per heavy atom. The molecular formula is C22H26N2O2S. The van der Waals surface area contributed by atoms with E-state index in [0.717, 1.165) is 23.3 Å². The van der Waals surface area contributed by atoms with Crippen molar-refractivity contribution in [1.29, 1.82) is 0 Å². The van der Waals surface area contributed by atoms with E-state index in [1.54, 1.807) is 11.8 Å². The Balaban J connectivity index is 1.58. The van der Waals surface area contributed by atoms with Gasteiger partial charge in [0.15, 0.2) is 0 Å². The van der Waals surface area contributed by atoms with E-state index in [2.05, 4.69) is 19.2 Å². The second-order valence-corrected chi connectivity index (χ2v) is 8.69. The summed E-state index contributed by atoms with van der Waals surface area (Å²) in [6.07, 6.45) is 1.56. The minimum Gasteiger partial charge on any atom is -0.349 e. The van der Waals surface area contributed by atoms with Crippen LogP contribution in [0.2, 0.25) is 0 Å². The molecule has 0 unspecified atom stereocenters. The van der Waals surface area contributed by atoms with Crippen LogP contribution in [0.1, 0.15) is 47.4 Å². The Morgan fingerprint density at radius 1 is 1.00 bits per heavy atom. The monoisotopic (exact) mass is 382 g/mol. The molecule has 0 atom stereocenters. The van der Waals surface area contributed by atoms with Crippen LogP contribution in [0.3, 0.4) is 0 Å². The third-order valence-corrected chi connectivity index (χ3v) is 5.71. The largest absolute Gasteiger partial charge is 0.349 e. The lowest BCUT2D eigenvalue weighted by Crippen LogP contribution is -2.46. The van der Waals surface area contributed by atoms with Crippen LogP contribution < -0.4 is 5.32 Å². The van der Waals surface area contributed by atoms with Crippen LogP contribution >= 0.6 is 11.8 Å². The van der Waals surface area contributed by atoms with E-state index in [-0.39, 0.29) is 17.9 Å². The lowest BCUT2D eigenvalue weighted by Gasteiger charge is -2.33. The summed E-state index contributed by atoms with van der Waals surface area (Å²) in [5.41, 5.74) is 1.46. The molecule has 0 saturated carbocycles. The molecule has 1 aliphatic heterocycles. The summed E-state index contributed by atoms with van der Waals surface area (Å²) in [6.45, 7) is 5.60. The minimum atomic E-state index is -0.0425. The number of likely N-dealkylation sites (tertiary alicyclic amines) is 1. The van der Waals surface area contributed by atoms with Gasteiger partial charge in [-0.2, -0.15) is 0 Å². The molecule has 3 rings (SSSR count). The number of rotatable bonds is 5. The number of nitrogens with zero attached hydrogens (tertiary/aromatic N) is 1. The summed E-state index contributed by atoms with van der Waals surface area (Å²) in [5, 5.41) is 3.52. The van der Waals surface area contributed by atoms with Gasteiger partial charge in [-0.25, -0.2) is 0 Å². The Morgan fingerprint density at radius 3 is 2.30 bits per heavy atom. The van der Waals surface area contributed by atoms with Crippen LogP contribution in [-0.4, -0.2) is 41.1 Å². The summed E-state index contributed by atoms with van der Waals surface area (Å²) in [7, 11) is 0. The van der Waals surface area contributed by atoms with Crippen LogP contribution in [0, 0.1) is 0 Å². The fourth-order valence-corrected chi connectivity index (χ4v) is 4.20. The van der Waals surface area contributed by atoms with E-state index in [0.29, 0.717) is 23.9 Å². The highest BCUT2D eigenvalue weighted by Gasteiger charge is 2.26. The summed E-state index contributed by atoms with van der Waals surface area (Å²) in [4.78, 5) is 28.2. The maximum Gasteiger partial charge on any atom is 0.254 e. The predicted molar refractivity (Wildman–Crippen MR) is 110 cm³/mol. The topological polar surface area (TPSA) is 49.4 Å². The van der Waals surface area contributed by atoms with Crippen molar-refractivity contribution in [2.45, 2.75) is 42.9 Å². The van der Waals surface area contributed by atoms with E-state index < -0.39 is 0 Å². The molecule has 0 bridgehead atoms. The molecule has 0 aromatic heterocycles. The van der Waals surface area contributed by atoms with Gasteiger partial charge in [-0.05, 0) is 37.1 Å². The molecule has 0 radical (unpaired) electrons. The molecule has 1 N–H and O–H groups in total. The Labute approximate surface area is 165 Å². The van der Waals surface area contributed by atoms with E-state index in [1.165, 1.54) is 0 Å². The van der Waals surface area contributed by atoms with Crippen molar-refractivity contribution in [3.8, 4) is 0 Å². The summed E-state index contributed by atoms with van der Waals surface area (Å²) < 4.78 is 0. The number of thioether (sulfide) groups is 1. The molecule has 5 heteroatoms. The zero-order valence-corrected chi connectivity index (χ0v) is 16.7. The van der Waals surface area contributed by atoms with Crippen molar-refractivity contribution in [2.75, 3.05) is 13.1 Å². The average Bonchev–Trinajstić information content (AvgIpc) is 2.69. The van der Waals surface area contributed by atoms with E-state index >= 15 is 0 Å². The third kappa shape index (κ3) is 5.13. The van der Waals surface area contributed by atoms with E-state index in [1.807, 2.05) is 59.5 Å². The Kier molecular flexibility index (Phi) is 6.56. The third-order valence-electron chi connectivity index (χ3n) is 4.63. The van der Waals surface area contributed by atoms with Gasteiger partial charge < -0.3 is 10.2 Å². The van der Waals surface area contributed by atoms with Gasteiger partial charge in [-0.3, -0.25) is 9.59 Å². The number of benzene rings is 2. The van der Waals surface area contributed by atoms with Crippen LogP contribution in [0.25, 0.3) is 0 Å². The maximum atomic E-state index is 13.0. The van der Waals surface area contributed by atoms with Gasteiger partial charge in [0.25, 0.3) is 11.8 Å². The number of nitrogens with one attached hydrogen (secondary N) is 1. The normalized spacial score (nSPS) is 15.0. The molecule has 1 heterocycles. The van der Waals surface area contributed by atoms with Gasteiger partial charge >= 0.3 is 0 Å². The number of carbonyl (C=O) groups is 2. The molecule has 27 heavy (non-hydrogen) atoms. The van der Waals surface area contributed by atoms with Crippen LogP contribution in [0.15, 0.2) is 59.5 Å². The standard InChI is InChI=1S/C22H26N2O2S/c1-16(2)27-20-11-7-6-10-19(20)22(26)24-14-12-18(13-15-24)23-21(25)17-8-4-3-5-9-17/h3-11,16,18H,12-15H2,1-2H3,(H,23,25). The van der Waals surface area contributed by atoms with Crippen molar-refractivity contribution >= 4 is 23.6 Å². The molecule has 2 amide bonds. The molecule has 1 fully saturated rings. The summed E-state index contributed by atoms with van der Waals surface area (Å²) in [6, 6.07) is 17.2. The molecular weight excluding hydrogens is 356 g/mol. The molecule has 0 spiro atoms. The van der Waals surface area contributed by atoms with Crippen molar-refractivity contribution < 1.29 is 9.59 Å². The first-order valence-electron chi connectivity index (χ1n) is 9.45. The summed E-state index contributed by atoms with van der Waals surface area (Å²) in [5.74, 6) is 0.0469. The van der Waals surface area contributed by atoms with Gasteiger partial charge in [0, 0.05) is 34.8 Å². The van der Waals surface area contributed by atoms with Crippen LogP contribution in [-0.2, 0) is 0 Å². The molecule has 1 saturated heterocycles. The number of carbonyl (C=O) groups excluding carboxylic acids is 2. The first-order chi connectivity index (χ1) is 13.0. The first kappa shape index (κ1) is 19.5. The number of amides is 2. The number of hydrogen-bond donors (Lipinski definition) is 1. The minimum absolute atomic E-state index is 0.0425. The van der Waals surface area contributed by atoms with Gasteiger partial charge in [-0.15, -0.1) is 11.8 Å². The highest BCUT2D eigenvalue weighted by molar-refractivity contribution is 8.00. The quantitative estimate of drug-likeness (QED) is 0.788. The maximum absolute atomic E-state index is 13.0. The van der Waals surface area contributed by atoms with Crippen LogP contribution in [0.4, 0.5) is 0 Å². The van der Waals surface area contributed by atoms with Crippen molar-refractivity contribution in [1.82, 2.24) is 10.2 Å². The lowest BCUT2D eigenvalue weighted by atomic mass is 10.0. The second-order valence-electron chi connectivity index (χ2n) is 7.07. The number of hydrogen-bond acceptors (Lipinski definition) is 3. The fraction of sp³-hybridized carbons (Fsp3) is 0.364. The molecule has 2 aromatic carbocycles. The highest BCUT2D eigenvalue weighted by Crippen LogP contribution is 2.28. The Bertz CT molecular complexity index is 784. The van der Waals surface area contributed by atoms with Gasteiger partial charge in [-0.1, -0.05) is 44.2 Å². The SMILES string of the molecule is CC(C)Sc1ccccc1C(=O)N1CCC(NC(=O)c2ccccc2)CC1. The molecule has 2 aromatic rings. The lowest BCUT2D eigenvalue weighted by molar-refractivity contribution is 0.0694.